The molecule has 0 spiro atoms. The molecule has 1 aliphatic heterocycles. The summed E-state index contributed by atoms with van der Waals surface area (Å²) in [4.78, 5) is 23.5. The number of H-pyrrole nitrogens is 1. The van der Waals surface area contributed by atoms with E-state index in [0.29, 0.717) is 43.9 Å². The summed E-state index contributed by atoms with van der Waals surface area (Å²) in [5.74, 6) is 0.193. The van der Waals surface area contributed by atoms with Crippen LogP contribution in [0.3, 0.4) is 0 Å². The fraction of sp³-hybridized carbons (Fsp3) is 0.722. The molecule has 1 saturated heterocycles. The molecule has 4 N–H and O–H groups in total. The highest BCUT2D eigenvalue weighted by Gasteiger charge is 2.24. The number of sulfonamides is 1. The van der Waals surface area contributed by atoms with E-state index in [-0.39, 0.29) is 23.6 Å². The van der Waals surface area contributed by atoms with E-state index in [2.05, 4.69) is 27.2 Å². The molecular formula is C18H31N7O4S. The number of nitrogens with zero attached hydrogens (tertiary/aromatic N) is 4. The molecule has 0 unspecified atom stereocenters. The molecule has 1 aliphatic rings. The van der Waals surface area contributed by atoms with Crippen molar-refractivity contribution in [3.05, 3.63) is 10.5 Å². The number of aromatic amines is 1. The number of nitrogens with one attached hydrogen (secondary N) is 2. The van der Waals surface area contributed by atoms with Crippen LogP contribution in [0, 0.1) is 0 Å². The van der Waals surface area contributed by atoms with Crippen molar-refractivity contribution in [2.75, 3.05) is 38.2 Å². The monoisotopic (exact) mass is 441 g/mol. The van der Waals surface area contributed by atoms with Crippen LogP contribution in [0.15, 0.2) is 4.79 Å². The third-order valence-corrected chi connectivity index (χ3v) is 6.58. The summed E-state index contributed by atoms with van der Waals surface area (Å²) in [6.07, 6.45) is 5.40. The maximum Gasteiger partial charge on any atom is 0.327 e. The van der Waals surface area contributed by atoms with Gasteiger partial charge in [0.1, 0.15) is 5.52 Å². The third-order valence-electron chi connectivity index (χ3n) is 5.27. The Morgan fingerprint density at radius 2 is 2.00 bits per heavy atom. The van der Waals surface area contributed by atoms with Gasteiger partial charge in [-0.15, -0.1) is 0 Å². The molecule has 3 rings (SSSR count). The molecule has 11 nitrogen and oxygen atoms in total. The average Bonchev–Trinajstić information content (AvgIpc) is 3.01. The molecule has 1 fully saturated rings. The number of nitrogens with two attached hydrogens (primary N) is 1. The zero-order valence-electron chi connectivity index (χ0n) is 17.6. The van der Waals surface area contributed by atoms with Gasteiger partial charge in [-0.1, -0.05) is 13.3 Å². The summed E-state index contributed by atoms with van der Waals surface area (Å²) in [6, 6.07) is 0.455. The number of ether oxygens (including phenoxy) is 1. The highest BCUT2D eigenvalue weighted by atomic mass is 32.2. The Balaban J connectivity index is 1.56. The van der Waals surface area contributed by atoms with Crippen LogP contribution < -0.4 is 21.5 Å². The van der Waals surface area contributed by atoms with Crippen LogP contribution in [-0.4, -0.2) is 70.8 Å². The molecule has 0 atom stereocenters. The standard InChI is InChI=1S/C18H31N7O4S/c1-3-4-12-29-17-22-15(19)14-16(23-17)25(18(26)21-14)9-5-8-20-13-6-10-24(11-7-13)30(2,27)28/h13,20H,3-12H2,1-2H3,(H,21,26)(H2,19,22,23). The minimum absolute atomic E-state index is 0.178. The number of piperidine rings is 1. The molecule has 0 aliphatic carbocycles. The highest BCUT2D eigenvalue weighted by Crippen LogP contribution is 2.18. The fourth-order valence-electron chi connectivity index (χ4n) is 3.55. The van der Waals surface area contributed by atoms with Gasteiger partial charge in [-0.2, -0.15) is 9.97 Å². The molecule has 0 radical (unpaired) electrons. The number of anilines is 1. The van der Waals surface area contributed by atoms with Gasteiger partial charge < -0.3 is 20.8 Å². The van der Waals surface area contributed by atoms with Crippen LogP contribution in [0.25, 0.3) is 11.2 Å². The highest BCUT2D eigenvalue weighted by molar-refractivity contribution is 7.88. The molecule has 0 bridgehead atoms. The fourth-order valence-corrected chi connectivity index (χ4v) is 4.42. The molecule has 0 saturated carbocycles. The Bertz CT molecular complexity index is 1010. The minimum atomic E-state index is -3.11. The van der Waals surface area contributed by atoms with Crippen molar-refractivity contribution in [2.24, 2.45) is 0 Å². The summed E-state index contributed by atoms with van der Waals surface area (Å²) < 4.78 is 31.8. The lowest BCUT2D eigenvalue weighted by molar-refractivity contribution is 0.286. The Labute approximate surface area is 176 Å². The predicted octanol–water partition coefficient (Wildman–Crippen LogP) is 0.284. The molecule has 0 aromatic carbocycles. The van der Waals surface area contributed by atoms with Crippen LogP contribution in [0.1, 0.15) is 39.0 Å². The van der Waals surface area contributed by atoms with E-state index in [1.165, 1.54) is 10.6 Å². The predicted molar refractivity (Wildman–Crippen MR) is 115 cm³/mol. The summed E-state index contributed by atoms with van der Waals surface area (Å²) >= 11 is 0. The SMILES string of the molecule is CCCCOc1nc(N)c2[nH]c(=O)n(CCCNC3CCN(S(C)(=O)=O)CC3)c2n1. The van der Waals surface area contributed by atoms with E-state index in [1.807, 2.05) is 0 Å². The first-order valence-electron chi connectivity index (χ1n) is 10.4. The maximum atomic E-state index is 12.3. The van der Waals surface area contributed by atoms with Gasteiger partial charge in [0.15, 0.2) is 11.5 Å². The Morgan fingerprint density at radius 1 is 1.27 bits per heavy atom. The van der Waals surface area contributed by atoms with Gasteiger partial charge in [-0.05, 0) is 32.2 Å². The van der Waals surface area contributed by atoms with Crippen LogP contribution >= 0.6 is 0 Å². The first-order chi connectivity index (χ1) is 14.3. The molecule has 0 amide bonds. The van der Waals surface area contributed by atoms with Crippen LogP contribution in [-0.2, 0) is 16.6 Å². The minimum Gasteiger partial charge on any atom is -0.463 e. The number of aromatic nitrogens is 4. The van der Waals surface area contributed by atoms with Gasteiger partial charge in [0.05, 0.1) is 12.9 Å². The lowest BCUT2D eigenvalue weighted by Gasteiger charge is -2.30. The quantitative estimate of drug-likeness (QED) is 0.445. The summed E-state index contributed by atoms with van der Waals surface area (Å²) in [7, 11) is -3.11. The second-order valence-electron chi connectivity index (χ2n) is 7.62. The zero-order valence-corrected chi connectivity index (χ0v) is 18.4. The Morgan fingerprint density at radius 3 is 2.67 bits per heavy atom. The largest absolute Gasteiger partial charge is 0.463 e. The van der Waals surface area contributed by atoms with Crippen molar-refractivity contribution >= 4 is 27.0 Å². The van der Waals surface area contributed by atoms with Crippen molar-refractivity contribution in [2.45, 2.75) is 51.6 Å². The number of aryl methyl sites for hydroxylation is 1. The van der Waals surface area contributed by atoms with E-state index in [9.17, 15) is 13.2 Å². The van der Waals surface area contributed by atoms with Crippen molar-refractivity contribution in [1.82, 2.24) is 29.1 Å². The third kappa shape index (κ3) is 5.49. The van der Waals surface area contributed by atoms with Crippen LogP contribution in [0.5, 0.6) is 6.01 Å². The average molecular weight is 442 g/mol. The Kier molecular flexibility index (Phi) is 7.32. The van der Waals surface area contributed by atoms with E-state index < -0.39 is 10.0 Å². The van der Waals surface area contributed by atoms with Gasteiger partial charge in [0.25, 0.3) is 0 Å². The number of imidazole rings is 1. The zero-order chi connectivity index (χ0) is 21.7. The molecule has 30 heavy (non-hydrogen) atoms. The molecule has 168 valence electrons. The number of unbranched alkanes of at least 4 members (excludes halogenated alkanes) is 1. The molecule has 12 heteroatoms. The number of rotatable bonds is 10. The molecule has 2 aromatic heterocycles. The summed E-state index contributed by atoms with van der Waals surface area (Å²) in [5.41, 5.74) is 6.55. The van der Waals surface area contributed by atoms with Crippen molar-refractivity contribution in [3.8, 4) is 6.01 Å². The van der Waals surface area contributed by atoms with E-state index in [4.69, 9.17) is 10.5 Å². The van der Waals surface area contributed by atoms with E-state index in [1.54, 1.807) is 4.57 Å². The smallest absolute Gasteiger partial charge is 0.327 e. The second-order valence-corrected chi connectivity index (χ2v) is 9.60. The van der Waals surface area contributed by atoms with Crippen LogP contribution in [0.4, 0.5) is 5.82 Å². The normalized spacial score (nSPS) is 16.3. The Hall–Kier alpha value is -2.18. The summed E-state index contributed by atoms with van der Waals surface area (Å²) in [5, 5.41) is 3.45. The number of nitrogen functional groups attached to an aromatic ring is 1. The van der Waals surface area contributed by atoms with Gasteiger partial charge in [0, 0.05) is 25.7 Å². The van der Waals surface area contributed by atoms with Crippen molar-refractivity contribution in [3.63, 3.8) is 0 Å². The summed E-state index contributed by atoms with van der Waals surface area (Å²) in [6.45, 7) is 4.82. The van der Waals surface area contributed by atoms with Crippen molar-refractivity contribution < 1.29 is 13.2 Å². The molecule has 2 aromatic rings. The lowest BCUT2D eigenvalue weighted by atomic mass is 10.1. The topological polar surface area (TPSA) is 148 Å². The van der Waals surface area contributed by atoms with E-state index in [0.717, 1.165) is 32.1 Å². The first-order valence-corrected chi connectivity index (χ1v) is 12.2. The van der Waals surface area contributed by atoms with Gasteiger partial charge in [-0.3, -0.25) is 4.57 Å². The number of hydrogen-bond donors (Lipinski definition) is 3. The molecule has 3 heterocycles. The molecular weight excluding hydrogens is 410 g/mol. The maximum absolute atomic E-state index is 12.3. The van der Waals surface area contributed by atoms with Crippen molar-refractivity contribution in [1.29, 1.82) is 0 Å². The first kappa shape index (κ1) is 22.5. The van der Waals surface area contributed by atoms with Gasteiger partial charge in [0.2, 0.25) is 10.0 Å². The van der Waals surface area contributed by atoms with E-state index >= 15 is 0 Å². The lowest BCUT2D eigenvalue weighted by Crippen LogP contribution is -2.44. The van der Waals surface area contributed by atoms with Gasteiger partial charge >= 0.3 is 11.7 Å². The van der Waals surface area contributed by atoms with Gasteiger partial charge in [-0.25, -0.2) is 17.5 Å². The number of fused-ring (bicyclic) bond motifs is 1. The second kappa shape index (κ2) is 9.75. The van der Waals surface area contributed by atoms with Crippen LogP contribution in [0.2, 0.25) is 0 Å². The number of hydrogen-bond acceptors (Lipinski definition) is 8.